The van der Waals surface area contributed by atoms with Crippen LogP contribution in [0.1, 0.15) is 38.3 Å². The molecule has 0 aliphatic carbocycles. The number of hydrogen-bond donors (Lipinski definition) is 1. The maximum Gasteiger partial charge on any atom is 0.242 e. The summed E-state index contributed by atoms with van der Waals surface area (Å²) in [4.78, 5) is 27.2. The van der Waals surface area contributed by atoms with Crippen molar-refractivity contribution in [3.05, 3.63) is 69.9 Å². The van der Waals surface area contributed by atoms with Gasteiger partial charge in [0, 0.05) is 17.1 Å². The minimum absolute atomic E-state index is 0.0386. The largest absolute Gasteiger partial charge is 0.352 e. The Morgan fingerprint density at radius 3 is 2.18 bits per heavy atom. The van der Waals surface area contributed by atoms with Crippen LogP contribution in [0.2, 0.25) is 0 Å². The smallest absolute Gasteiger partial charge is 0.242 e. The standard InChI is InChI=1S/C22H26BrFN2O2/c1-4-15(2)25-22(28)16(3)26(14-18-5-9-19(23)10-6-18)21(27)13-17-7-11-20(24)12-8-17/h5-12,15-16H,4,13-14H2,1-3H3,(H,25,28)/t15-,16-/m1/s1. The van der Waals surface area contributed by atoms with Gasteiger partial charge >= 0.3 is 0 Å². The van der Waals surface area contributed by atoms with Gasteiger partial charge in [0.25, 0.3) is 0 Å². The van der Waals surface area contributed by atoms with Crippen LogP contribution in [0.5, 0.6) is 0 Å². The summed E-state index contributed by atoms with van der Waals surface area (Å²) in [6, 6.07) is 12.9. The molecule has 0 unspecified atom stereocenters. The van der Waals surface area contributed by atoms with Crippen molar-refractivity contribution < 1.29 is 14.0 Å². The number of benzene rings is 2. The highest BCUT2D eigenvalue weighted by molar-refractivity contribution is 9.10. The normalized spacial score (nSPS) is 12.9. The van der Waals surface area contributed by atoms with Crippen LogP contribution in [0.4, 0.5) is 4.39 Å². The molecule has 0 radical (unpaired) electrons. The van der Waals surface area contributed by atoms with Crippen molar-refractivity contribution in [2.75, 3.05) is 0 Å². The number of rotatable bonds is 8. The molecule has 6 heteroatoms. The number of carbonyl (C=O) groups excluding carboxylic acids is 2. The zero-order valence-electron chi connectivity index (χ0n) is 16.4. The predicted molar refractivity (Wildman–Crippen MR) is 112 cm³/mol. The summed E-state index contributed by atoms with van der Waals surface area (Å²) in [5.74, 6) is -0.704. The van der Waals surface area contributed by atoms with Gasteiger partial charge in [-0.2, -0.15) is 0 Å². The molecule has 0 spiro atoms. The van der Waals surface area contributed by atoms with Gasteiger partial charge in [0.1, 0.15) is 11.9 Å². The molecule has 0 aliphatic heterocycles. The summed E-state index contributed by atoms with van der Waals surface area (Å²) in [5, 5.41) is 2.94. The van der Waals surface area contributed by atoms with E-state index in [2.05, 4.69) is 21.2 Å². The van der Waals surface area contributed by atoms with Crippen LogP contribution >= 0.6 is 15.9 Å². The second-order valence-corrected chi connectivity index (χ2v) is 7.86. The van der Waals surface area contributed by atoms with Crippen LogP contribution in [-0.4, -0.2) is 28.8 Å². The fourth-order valence-corrected chi connectivity index (χ4v) is 2.98. The van der Waals surface area contributed by atoms with E-state index in [1.165, 1.54) is 12.1 Å². The fourth-order valence-electron chi connectivity index (χ4n) is 2.71. The number of amides is 2. The number of nitrogens with one attached hydrogen (secondary N) is 1. The van der Waals surface area contributed by atoms with E-state index >= 15 is 0 Å². The van der Waals surface area contributed by atoms with Crippen LogP contribution in [0.15, 0.2) is 53.0 Å². The SMILES string of the molecule is CC[C@@H](C)NC(=O)[C@@H](C)N(Cc1ccc(Br)cc1)C(=O)Cc1ccc(F)cc1. The Kier molecular flexibility index (Phi) is 8.18. The lowest BCUT2D eigenvalue weighted by Crippen LogP contribution is -2.49. The van der Waals surface area contributed by atoms with E-state index in [1.807, 2.05) is 38.1 Å². The summed E-state index contributed by atoms with van der Waals surface area (Å²) in [5.41, 5.74) is 1.64. The molecule has 2 atom stereocenters. The van der Waals surface area contributed by atoms with Gasteiger partial charge in [-0.1, -0.05) is 47.1 Å². The summed E-state index contributed by atoms with van der Waals surface area (Å²) >= 11 is 3.40. The Labute approximate surface area is 174 Å². The first-order chi connectivity index (χ1) is 13.3. The molecule has 150 valence electrons. The molecule has 0 aromatic heterocycles. The first-order valence-corrected chi connectivity index (χ1v) is 10.2. The highest BCUT2D eigenvalue weighted by atomic mass is 79.9. The highest BCUT2D eigenvalue weighted by Crippen LogP contribution is 2.16. The molecular weight excluding hydrogens is 423 g/mol. The van der Waals surface area contributed by atoms with Gasteiger partial charge in [-0.05, 0) is 55.7 Å². The molecule has 0 aliphatic rings. The highest BCUT2D eigenvalue weighted by Gasteiger charge is 2.26. The summed E-state index contributed by atoms with van der Waals surface area (Å²) in [6.45, 7) is 5.99. The Morgan fingerprint density at radius 2 is 1.61 bits per heavy atom. The van der Waals surface area contributed by atoms with Crippen LogP contribution in [0.3, 0.4) is 0 Å². The van der Waals surface area contributed by atoms with Gasteiger partial charge in [-0.15, -0.1) is 0 Å². The molecule has 4 nitrogen and oxygen atoms in total. The van der Waals surface area contributed by atoms with Crippen molar-refractivity contribution in [2.24, 2.45) is 0 Å². The lowest BCUT2D eigenvalue weighted by Gasteiger charge is -2.30. The molecule has 0 saturated carbocycles. The van der Waals surface area contributed by atoms with Crippen LogP contribution in [0.25, 0.3) is 0 Å². The van der Waals surface area contributed by atoms with Crippen LogP contribution in [-0.2, 0) is 22.6 Å². The topological polar surface area (TPSA) is 49.4 Å². The van der Waals surface area contributed by atoms with Crippen LogP contribution in [0, 0.1) is 5.82 Å². The molecule has 2 aromatic carbocycles. The third-order valence-corrected chi connectivity index (χ3v) is 5.23. The second kappa shape index (κ2) is 10.4. The molecular formula is C22H26BrFN2O2. The maximum absolute atomic E-state index is 13.1. The molecule has 2 amide bonds. The van der Waals surface area contributed by atoms with E-state index in [4.69, 9.17) is 0 Å². The predicted octanol–water partition coefficient (Wildman–Crippen LogP) is 4.46. The minimum Gasteiger partial charge on any atom is -0.352 e. The van der Waals surface area contributed by atoms with Crippen molar-refractivity contribution in [3.63, 3.8) is 0 Å². The van der Waals surface area contributed by atoms with Crippen molar-refractivity contribution in [3.8, 4) is 0 Å². The molecule has 2 rings (SSSR count). The zero-order chi connectivity index (χ0) is 20.7. The molecule has 0 bridgehead atoms. The number of nitrogens with zero attached hydrogens (tertiary/aromatic N) is 1. The molecule has 0 heterocycles. The van der Waals surface area contributed by atoms with Gasteiger partial charge in [-0.25, -0.2) is 4.39 Å². The monoisotopic (exact) mass is 448 g/mol. The molecule has 28 heavy (non-hydrogen) atoms. The van der Waals surface area contributed by atoms with Gasteiger partial charge in [-0.3, -0.25) is 9.59 Å². The molecule has 0 saturated heterocycles. The van der Waals surface area contributed by atoms with Gasteiger partial charge < -0.3 is 10.2 Å². The average Bonchev–Trinajstić information content (AvgIpc) is 2.68. The second-order valence-electron chi connectivity index (χ2n) is 6.95. The van der Waals surface area contributed by atoms with Gasteiger partial charge in [0.05, 0.1) is 6.42 Å². The Morgan fingerprint density at radius 1 is 1.04 bits per heavy atom. The van der Waals surface area contributed by atoms with E-state index in [-0.39, 0.29) is 30.1 Å². The fraction of sp³-hybridized carbons (Fsp3) is 0.364. The minimum atomic E-state index is -0.620. The summed E-state index contributed by atoms with van der Waals surface area (Å²) in [7, 11) is 0. The number of halogens is 2. The molecule has 0 fully saturated rings. The van der Waals surface area contributed by atoms with E-state index < -0.39 is 6.04 Å². The maximum atomic E-state index is 13.1. The Hall–Kier alpha value is -2.21. The van der Waals surface area contributed by atoms with E-state index in [0.29, 0.717) is 12.1 Å². The average molecular weight is 449 g/mol. The van der Waals surface area contributed by atoms with E-state index in [9.17, 15) is 14.0 Å². The first-order valence-electron chi connectivity index (χ1n) is 9.39. The van der Waals surface area contributed by atoms with Crippen LogP contribution < -0.4 is 5.32 Å². The lowest BCUT2D eigenvalue weighted by molar-refractivity contribution is -0.140. The number of hydrogen-bond acceptors (Lipinski definition) is 2. The van der Waals surface area contributed by atoms with Gasteiger partial charge in [0.2, 0.25) is 11.8 Å². The molecule has 1 N–H and O–H groups in total. The molecule has 2 aromatic rings. The summed E-state index contributed by atoms with van der Waals surface area (Å²) < 4.78 is 14.1. The van der Waals surface area contributed by atoms with Crippen molar-refractivity contribution in [1.29, 1.82) is 0 Å². The van der Waals surface area contributed by atoms with E-state index in [1.54, 1.807) is 24.0 Å². The quantitative estimate of drug-likeness (QED) is 0.647. The van der Waals surface area contributed by atoms with E-state index in [0.717, 1.165) is 16.5 Å². The number of carbonyl (C=O) groups is 2. The third kappa shape index (κ3) is 6.44. The van der Waals surface area contributed by atoms with Crippen molar-refractivity contribution >= 4 is 27.7 Å². The first kappa shape index (κ1) is 22.1. The Bertz CT molecular complexity index is 793. The van der Waals surface area contributed by atoms with Crippen molar-refractivity contribution in [2.45, 2.75) is 52.2 Å². The van der Waals surface area contributed by atoms with Crippen molar-refractivity contribution in [1.82, 2.24) is 10.2 Å². The zero-order valence-corrected chi connectivity index (χ0v) is 18.0. The third-order valence-electron chi connectivity index (χ3n) is 4.70. The Balaban J connectivity index is 2.20. The van der Waals surface area contributed by atoms with Gasteiger partial charge in [0.15, 0.2) is 0 Å². The lowest BCUT2D eigenvalue weighted by atomic mass is 10.1. The summed E-state index contributed by atoms with van der Waals surface area (Å²) in [6.07, 6.45) is 0.923.